The van der Waals surface area contributed by atoms with Crippen LogP contribution in [0.15, 0.2) is 41.3 Å². The first-order valence-corrected chi connectivity index (χ1v) is 8.87. The Balaban J connectivity index is 2.43. The zero-order valence-electron chi connectivity index (χ0n) is 13.8. The predicted octanol–water partition coefficient (Wildman–Crippen LogP) is 2.47. The van der Waals surface area contributed by atoms with Crippen molar-refractivity contribution in [3.05, 3.63) is 53.1 Å². The highest BCUT2D eigenvalue weighted by atomic mass is 32.2. The van der Waals surface area contributed by atoms with Gasteiger partial charge in [0.25, 0.3) is 10.0 Å². The summed E-state index contributed by atoms with van der Waals surface area (Å²) in [6.07, 6.45) is 0.642. The Kier molecular flexibility index (Phi) is 5.14. The van der Waals surface area contributed by atoms with Crippen molar-refractivity contribution in [2.45, 2.75) is 25.2 Å². The molecule has 3 N–H and O–H groups in total. The lowest BCUT2D eigenvalue weighted by Crippen LogP contribution is -2.17. The van der Waals surface area contributed by atoms with Gasteiger partial charge in [0.05, 0.1) is 17.7 Å². The molecule has 0 aliphatic rings. The number of rotatable bonds is 6. The Hall–Kier alpha value is -2.54. The fourth-order valence-electron chi connectivity index (χ4n) is 2.42. The minimum absolute atomic E-state index is 0.129. The molecule has 2 aromatic rings. The second kappa shape index (κ2) is 6.92. The maximum Gasteiger partial charge on any atom is 0.261 e. The number of nitrogens with one attached hydrogen (secondary N) is 1. The summed E-state index contributed by atoms with van der Waals surface area (Å²) in [5, 5.41) is 0. The van der Waals surface area contributed by atoms with Crippen LogP contribution in [0.25, 0.3) is 0 Å². The first-order chi connectivity index (χ1) is 11.3. The molecule has 0 spiro atoms. The van der Waals surface area contributed by atoms with Gasteiger partial charge < -0.3 is 10.5 Å². The van der Waals surface area contributed by atoms with Crippen molar-refractivity contribution in [3.8, 4) is 5.75 Å². The molecule has 0 aromatic heterocycles. The second-order valence-corrected chi connectivity index (χ2v) is 6.96. The van der Waals surface area contributed by atoms with Gasteiger partial charge in [0, 0.05) is 5.56 Å². The lowest BCUT2D eigenvalue weighted by atomic mass is 10.1. The molecule has 2 rings (SSSR count). The quantitative estimate of drug-likeness (QED) is 0.838. The van der Waals surface area contributed by atoms with E-state index in [4.69, 9.17) is 10.5 Å². The number of primary amides is 1. The number of carbonyl (C=O) groups excluding carboxylic acids is 1. The maximum atomic E-state index is 12.6. The number of hydrogen-bond acceptors (Lipinski definition) is 4. The normalized spacial score (nSPS) is 11.1. The molecule has 0 heterocycles. The van der Waals surface area contributed by atoms with Crippen molar-refractivity contribution in [2.75, 3.05) is 11.8 Å². The fraction of sp³-hybridized carbons (Fsp3) is 0.235. The number of amides is 1. The van der Waals surface area contributed by atoms with Gasteiger partial charge in [-0.1, -0.05) is 13.0 Å². The zero-order chi connectivity index (χ0) is 17.9. The number of methoxy groups -OCH3 is 1. The molecule has 0 fully saturated rings. The van der Waals surface area contributed by atoms with E-state index in [1.807, 2.05) is 6.92 Å². The summed E-state index contributed by atoms with van der Waals surface area (Å²) in [7, 11) is -2.25. The monoisotopic (exact) mass is 348 g/mol. The maximum absolute atomic E-state index is 12.6. The molecule has 0 aliphatic heterocycles. The van der Waals surface area contributed by atoms with Gasteiger partial charge in [-0.05, 0) is 54.8 Å². The Morgan fingerprint density at radius 2 is 1.96 bits per heavy atom. The molecule has 1 amide bonds. The van der Waals surface area contributed by atoms with Gasteiger partial charge in [0.15, 0.2) is 0 Å². The van der Waals surface area contributed by atoms with Gasteiger partial charge >= 0.3 is 0 Å². The third-order valence-electron chi connectivity index (χ3n) is 3.79. The van der Waals surface area contributed by atoms with Crippen molar-refractivity contribution in [1.82, 2.24) is 0 Å². The van der Waals surface area contributed by atoms with Crippen molar-refractivity contribution >= 4 is 21.6 Å². The molecule has 0 saturated heterocycles. The van der Waals surface area contributed by atoms with E-state index in [-0.39, 0.29) is 10.5 Å². The first kappa shape index (κ1) is 17.8. The molecule has 0 atom stereocenters. The van der Waals surface area contributed by atoms with Gasteiger partial charge in [-0.25, -0.2) is 8.42 Å². The second-order valence-electron chi connectivity index (χ2n) is 5.28. The summed E-state index contributed by atoms with van der Waals surface area (Å²) < 4.78 is 33.0. The Morgan fingerprint density at radius 3 is 2.54 bits per heavy atom. The largest absolute Gasteiger partial charge is 0.496 e. The van der Waals surface area contributed by atoms with Crippen LogP contribution in [0.3, 0.4) is 0 Å². The highest BCUT2D eigenvalue weighted by Gasteiger charge is 2.18. The van der Waals surface area contributed by atoms with Crippen molar-refractivity contribution < 1.29 is 17.9 Å². The molecule has 0 radical (unpaired) electrons. The van der Waals surface area contributed by atoms with Crippen LogP contribution < -0.4 is 15.2 Å². The van der Waals surface area contributed by atoms with E-state index in [9.17, 15) is 13.2 Å². The van der Waals surface area contributed by atoms with E-state index in [1.165, 1.54) is 6.07 Å². The molecular weight excluding hydrogens is 328 g/mol. The Bertz CT molecular complexity index is 876. The van der Waals surface area contributed by atoms with Gasteiger partial charge in [0.2, 0.25) is 5.91 Å². The Labute approximate surface area is 141 Å². The first-order valence-electron chi connectivity index (χ1n) is 7.39. The van der Waals surface area contributed by atoms with Gasteiger partial charge in [0.1, 0.15) is 5.75 Å². The van der Waals surface area contributed by atoms with Gasteiger partial charge in [-0.15, -0.1) is 0 Å². The van der Waals surface area contributed by atoms with Crippen LogP contribution >= 0.6 is 0 Å². The summed E-state index contributed by atoms with van der Waals surface area (Å²) in [6.45, 7) is 3.56. The highest BCUT2D eigenvalue weighted by Crippen LogP contribution is 2.26. The van der Waals surface area contributed by atoms with E-state index in [0.29, 0.717) is 23.4 Å². The number of aryl methyl sites for hydroxylation is 1. The van der Waals surface area contributed by atoms with E-state index in [2.05, 4.69) is 4.72 Å². The van der Waals surface area contributed by atoms with Crippen LogP contribution in [-0.4, -0.2) is 21.4 Å². The number of benzene rings is 2. The predicted molar refractivity (Wildman–Crippen MR) is 92.9 cm³/mol. The molecule has 0 unspecified atom stereocenters. The van der Waals surface area contributed by atoms with Crippen molar-refractivity contribution in [2.24, 2.45) is 5.73 Å². The standard InChI is InChI=1S/C17H20N2O4S/c1-4-12-10-13(8-9-16(12)23-3)24(21,22)19-15-7-5-6-14(11(15)2)17(18)20/h5-10,19H,4H2,1-3H3,(H2,18,20). The zero-order valence-corrected chi connectivity index (χ0v) is 14.6. The van der Waals surface area contributed by atoms with Crippen molar-refractivity contribution in [1.29, 1.82) is 0 Å². The molecule has 0 bridgehead atoms. The number of nitrogens with two attached hydrogens (primary N) is 1. The molecular formula is C17H20N2O4S. The van der Waals surface area contributed by atoms with Gasteiger partial charge in [-0.3, -0.25) is 9.52 Å². The smallest absolute Gasteiger partial charge is 0.261 e. The van der Waals surface area contributed by atoms with E-state index in [0.717, 1.165) is 5.56 Å². The lowest BCUT2D eigenvalue weighted by molar-refractivity contribution is 0.0999. The summed E-state index contributed by atoms with van der Waals surface area (Å²) >= 11 is 0. The van der Waals surface area contributed by atoms with E-state index < -0.39 is 15.9 Å². The molecule has 2 aromatic carbocycles. The summed E-state index contributed by atoms with van der Waals surface area (Å²) in [5.41, 5.74) is 7.17. The topological polar surface area (TPSA) is 98.5 Å². The van der Waals surface area contributed by atoms with Crippen LogP contribution in [-0.2, 0) is 16.4 Å². The number of sulfonamides is 1. The van der Waals surface area contributed by atoms with Gasteiger partial charge in [-0.2, -0.15) is 0 Å². The lowest BCUT2D eigenvalue weighted by Gasteiger charge is -2.14. The third kappa shape index (κ3) is 3.51. The van der Waals surface area contributed by atoms with E-state index in [1.54, 1.807) is 44.4 Å². The SMILES string of the molecule is CCc1cc(S(=O)(=O)Nc2cccc(C(N)=O)c2C)ccc1OC. The van der Waals surface area contributed by atoms with Crippen LogP contribution in [0.2, 0.25) is 0 Å². The minimum atomic E-state index is -3.79. The molecule has 0 aliphatic carbocycles. The minimum Gasteiger partial charge on any atom is -0.496 e. The molecule has 0 saturated carbocycles. The number of carbonyl (C=O) groups is 1. The number of hydrogen-bond donors (Lipinski definition) is 2. The summed E-state index contributed by atoms with van der Waals surface area (Å²) in [6, 6.07) is 9.40. The van der Waals surface area contributed by atoms with Crippen LogP contribution in [0, 0.1) is 6.92 Å². The molecule has 6 nitrogen and oxygen atoms in total. The highest BCUT2D eigenvalue weighted by molar-refractivity contribution is 7.92. The van der Waals surface area contributed by atoms with E-state index >= 15 is 0 Å². The van der Waals surface area contributed by atoms with Crippen LogP contribution in [0.5, 0.6) is 5.75 Å². The third-order valence-corrected chi connectivity index (χ3v) is 5.15. The average molecular weight is 348 g/mol. The fourth-order valence-corrected chi connectivity index (χ4v) is 3.59. The summed E-state index contributed by atoms with van der Waals surface area (Å²) in [4.78, 5) is 11.5. The van der Waals surface area contributed by atoms with Crippen LogP contribution in [0.1, 0.15) is 28.4 Å². The average Bonchev–Trinajstić information content (AvgIpc) is 2.55. The molecule has 7 heteroatoms. The van der Waals surface area contributed by atoms with Crippen molar-refractivity contribution in [3.63, 3.8) is 0 Å². The Morgan fingerprint density at radius 1 is 1.25 bits per heavy atom. The molecule has 128 valence electrons. The number of anilines is 1. The summed E-state index contributed by atoms with van der Waals surface area (Å²) in [5.74, 6) is 0.0367. The van der Waals surface area contributed by atoms with Crippen LogP contribution in [0.4, 0.5) is 5.69 Å². The molecule has 24 heavy (non-hydrogen) atoms. The number of ether oxygens (including phenoxy) is 1.